The Balaban J connectivity index is 2.01. The van der Waals surface area contributed by atoms with E-state index in [0.717, 1.165) is 62.0 Å². The highest BCUT2D eigenvalue weighted by Gasteiger charge is 2.32. The zero-order valence-corrected chi connectivity index (χ0v) is 17.6. The van der Waals surface area contributed by atoms with Crippen molar-refractivity contribution in [3.63, 3.8) is 0 Å². The molecule has 28 heavy (non-hydrogen) atoms. The van der Waals surface area contributed by atoms with E-state index in [2.05, 4.69) is 52.3 Å². The number of rotatable bonds is 8. The van der Waals surface area contributed by atoms with Crippen LogP contribution in [-0.4, -0.2) is 77.5 Å². The van der Waals surface area contributed by atoms with Crippen LogP contribution in [0.1, 0.15) is 37.7 Å². The minimum absolute atomic E-state index is 0.0586. The molecule has 1 aliphatic rings. The van der Waals surface area contributed by atoms with E-state index in [1.807, 2.05) is 16.8 Å². The number of ether oxygens (including phenoxy) is 2. The second-order valence-electron chi connectivity index (χ2n) is 7.79. The number of nitrogens with zero attached hydrogens (tertiary/aromatic N) is 6. The van der Waals surface area contributed by atoms with E-state index in [1.54, 1.807) is 14.2 Å². The number of benzene rings is 1. The van der Waals surface area contributed by atoms with Crippen LogP contribution >= 0.6 is 0 Å². The molecule has 1 atom stereocenters. The third-order valence-corrected chi connectivity index (χ3v) is 5.36. The molecule has 8 heteroatoms. The van der Waals surface area contributed by atoms with Crippen LogP contribution in [0.4, 0.5) is 0 Å². The van der Waals surface area contributed by atoms with Gasteiger partial charge in [-0.05, 0) is 41.9 Å². The maximum absolute atomic E-state index is 5.72. The maximum atomic E-state index is 5.72. The molecule has 1 aromatic carbocycles. The van der Waals surface area contributed by atoms with E-state index in [1.165, 1.54) is 0 Å². The lowest BCUT2D eigenvalue weighted by atomic mass is 10.0. The molecule has 1 fully saturated rings. The van der Waals surface area contributed by atoms with Gasteiger partial charge in [0.2, 0.25) is 0 Å². The topological polar surface area (TPSA) is 68.5 Å². The number of aromatic nitrogens is 4. The van der Waals surface area contributed by atoms with Crippen LogP contribution < -0.4 is 9.47 Å². The molecule has 0 N–H and O–H groups in total. The largest absolute Gasteiger partial charge is 0.497 e. The molecular weight excluding hydrogens is 356 g/mol. The van der Waals surface area contributed by atoms with Crippen molar-refractivity contribution in [2.24, 2.45) is 5.92 Å². The summed E-state index contributed by atoms with van der Waals surface area (Å²) in [7, 11) is 5.52. The maximum Gasteiger partial charge on any atom is 0.173 e. The first-order valence-corrected chi connectivity index (χ1v) is 9.94. The number of hydrogen-bond donors (Lipinski definition) is 0. The highest BCUT2D eigenvalue weighted by atomic mass is 16.5. The van der Waals surface area contributed by atoms with Gasteiger partial charge in [-0.15, -0.1) is 5.10 Å². The fourth-order valence-electron chi connectivity index (χ4n) is 3.57. The molecule has 1 aliphatic heterocycles. The second kappa shape index (κ2) is 9.34. The van der Waals surface area contributed by atoms with Gasteiger partial charge in [0.1, 0.15) is 17.5 Å². The standard InChI is InChI=1S/C20H32N6O2/c1-15(2)8-9-26-20(21-22-23-26)19(25-12-10-24(3)11-13-25)17-7-6-16(27-4)14-18(17)28-5/h6-7,14-15,19H,8-13H2,1-5H3/t19-/m0/s1. The van der Waals surface area contributed by atoms with Gasteiger partial charge in [-0.25, -0.2) is 4.68 Å². The molecule has 0 bridgehead atoms. The van der Waals surface area contributed by atoms with Crippen molar-refractivity contribution >= 4 is 0 Å². The van der Waals surface area contributed by atoms with Crippen LogP contribution in [-0.2, 0) is 6.54 Å². The Hall–Kier alpha value is -2.19. The van der Waals surface area contributed by atoms with Crippen LogP contribution in [0.3, 0.4) is 0 Å². The summed E-state index contributed by atoms with van der Waals surface area (Å²) in [6.07, 6.45) is 1.03. The Morgan fingerprint density at radius 3 is 2.46 bits per heavy atom. The zero-order chi connectivity index (χ0) is 20.1. The van der Waals surface area contributed by atoms with Gasteiger partial charge in [0.25, 0.3) is 0 Å². The third-order valence-electron chi connectivity index (χ3n) is 5.36. The van der Waals surface area contributed by atoms with Gasteiger partial charge in [0, 0.05) is 44.4 Å². The first-order valence-electron chi connectivity index (χ1n) is 9.94. The van der Waals surface area contributed by atoms with Gasteiger partial charge < -0.3 is 14.4 Å². The van der Waals surface area contributed by atoms with Crippen LogP contribution in [0.2, 0.25) is 0 Å². The second-order valence-corrected chi connectivity index (χ2v) is 7.79. The molecule has 2 aromatic rings. The molecule has 0 amide bonds. The summed E-state index contributed by atoms with van der Waals surface area (Å²) in [4.78, 5) is 4.79. The lowest BCUT2D eigenvalue weighted by Gasteiger charge is -2.37. The minimum Gasteiger partial charge on any atom is -0.497 e. The average molecular weight is 389 g/mol. The van der Waals surface area contributed by atoms with Crippen molar-refractivity contribution in [1.82, 2.24) is 30.0 Å². The number of likely N-dealkylation sites (N-methyl/N-ethyl adjacent to an activating group) is 1. The van der Waals surface area contributed by atoms with E-state index in [9.17, 15) is 0 Å². The van der Waals surface area contributed by atoms with Crippen molar-refractivity contribution in [3.8, 4) is 11.5 Å². The lowest BCUT2D eigenvalue weighted by molar-refractivity contribution is 0.120. The highest BCUT2D eigenvalue weighted by Crippen LogP contribution is 2.36. The number of hydrogen-bond acceptors (Lipinski definition) is 7. The normalized spacial score (nSPS) is 17.1. The summed E-state index contributed by atoms with van der Waals surface area (Å²) < 4.78 is 13.1. The monoisotopic (exact) mass is 388 g/mol. The van der Waals surface area contributed by atoms with Crippen LogP contribution in [0.5, 0.6) is 11.5 Å². The molecule has 0 aliphatic carbocycles. The quantitative estimate of drug-likeness (QED) is 0.686. The predicted molar refractivity (Wildman–Crippen MR) is 108 cm³/mol. The third kappa shape index (κ3) is 4.62. The smallest absolute Gasteiger partial charge is 0.173 e. The van der Waals surface area contributed by atoms with Crippen LogP contribution in [0.15, 0.2) is 18.2 Å². The first-order chi connectivity index (χ1) is 13.5. The molecule has 0 radical (unpaired) electrons. The van der Waals surface area contributed by atoms with Crippen molar-refractivity contribution in [2.75, 3.05) is 47.4 Å². The van der Waals surface area contributed by atoms with Crippen LogP contribution in [0, 0.1) is 5.92 Å². The Kier molecular flexibility index (Phi) is 6.85. The molecule has 8 nitrogen and oxygen atoms in total. The summed E-state index contributed by atoms with van der Waals surface area (Å²) in [5, 5.41) is 12.7. The summed E-state index contributed by atoms with van der Waals surface area (Å²) in [6, 6.07) is 5.92. The predicted octanol–water partition coefficient (Wildman–Crippen LogP) is 2.07. The van der Waals surface area contributed by atoms with E-state index >= 15 is 0 Å². The molecule has 0 spiro atoms. The van der Waals surface area contributed by atoms with Gasteiger partial charge in [-0.1, -0.05) is 13.8 Å². The molecule has 1 saturated heterocycles. The van der Waals surface area contributed by atoms with Gasteiger partial charge in [0.05, 0.1) is 14.2 Å². The van der Waals surface area contributed by atoms with Crippen LogP contribution in [0.25, 0.3) is 0 Å². The molecule has 3 rings (SSSR count). The van der Waals surface area contributed by atoms with Crippen molar-refractivity contribution in [1.29, 1.82) is 0 Å². The van der Waals surface area contributed by atoms with E-state index in [-0.39, 0.29) is 6.04 Å². The Labute approximate surface area is 167 Å². The molecule has 154 valence electrons. The molecule has 1 aromatic heterocycles. The van der Waals surface area contributed by atoms with E-state index < -0.39 is 0 Å². The molecule has 0 unspecified atom stereocenters. The summed E-state index contributed by atoms with van der Waals surface area (Å²) in [6.45, 7) is 9.18. The summed E-state index contributed by atoms with van der Waals surface area (Å²) >= 11 is 0. The number of methoxy groups -OCH3 is 2. The molecule has 2 heterocycles. The van der Waals surface area contributed by atoms with Crippen molar-refractivity contribution < 1.29 is 9.47 Å². The van der Waals surface area contributed by atoms with Gasteiger partial charge in [-0.2, -0.15) is 0 Å². The minimum atomic E-state index is -0.0586. The first kappa shape index (κ1) is 20.5. The van der Waals surface area contributed by atoms with Gasteiger partial charge in [0.15, 0.2) is 5.82 Å². The molecule has 0 saturated carbocycles. The average Bonchev–Trinajstić information content (AvgIpc) is 3.16. The van der Waals surface area contributed by atoms with Crippen molar-refractivity contribution in [3.05, 3.63) is 29.6 Å². The SMILES string of the molecule is COc1ccc([C@@H](c2nnnn2CCC(C)C)N2CCN(C)CC2)c(OC)c1. The Morgan fingerprint density at radius 1 is 1.07 bits per heavy atom. The Morgan fingerprint density at radius 2 is 1.82 bits per heavy atom. The van der Waals surface area contributed by atoms with E-state index in [0.29, 0.717) is 5.92 Å². The highest BCUT2D eigenvalue weighted by molar-refractivity contribution is 5.44. The fourth-order valence-corrected chi connectivity index (χ4v) is 3.57. The summed E-state index contributed by atoms with van der Waals surface area (Å²) in [5.74, 6) is 3.03. The number of aryl methyl sites for hydroxylation is 1. The lowest BCUT2D eigenvalue weighted by Crippen LogP contribution is -2.46. The fraction of sp³-hybridized carbons (Fsp3) is 0.650. The zero-order valence-electron chi connectivity index (χ0n) is 17.6. The molecular formula is C20H32N6O2. The van der Waals surface area contributed by atoms with Gasteiger partial charge >= 0.3 is 0 Å². The number of piperazine rings is 1. The van der Waals surface area contributed by atoms with E-state index in [4.69, 9.17) is 9.47 Å². The van der Waals surface area contributed by atoms with Crippen molar-refractivity contribution in [2.45, 2.75) is 32.9 Å². The summed E-state index contributed by atoms with van der Waals surface area (Å²) in [5.41, 5.74) is 1.06. The Bertz CT molecular complexity index is 755. The number of tetrazole rings is 1. The van der Waals surface area contributed by atoms with Gasteiger partial charge in [-0.3, -0.25) is 4.90 Å².